The molecule has 1 aliphatic rings. The van der Waals surface area contributed by atoms with Gasteiger partial charge in [-0.15, -0.1) is 0 Å². The lowest BCUT2D eigenvalue weighted by molar-refractivity contribution is 0.703. The largest absolute Gasteiger partial charge is 0.316 e. The predicted octanol–water partition coefficient (Wildman–Crippen LogP) is 2.49. The number of allylic oxidation sites excluding steroid dienone is 1. The average Bonchev–Trinajstić information content (AvgIpc) is 2.30. The first-order valence-electron chi connectivity index (χ1n) is 4.72. The number of hydrogen-bond acceptors (Lipinski definition) is 1. The molecule has 0 aliphatic carbocycles. The van der Waals surface area contributed by atoms with Gasteiger partial charge in [-0.2, -0.15) is 0 Å². The van der Waals surface area contributed by atoms with Crippen molar-refractivity contribution in [1.82, 2.24) is 5.32 Å². The lowest BCUT2D eigenvalue weighted by Gasteiger charge is -2.06. The topological polar surface area (TPSA) is 12.0 Å². The maximum Gasteiger partial charge on any atom is -0.00115 e. The third kappa shape index (κ3) is 2.66. The van der Waals surface area contributed by atoms with Crippen LogP contribution in [0.5, 0.6) is 0 Å². The van der Waals surface area contributed by atoms with E-state index in [4.69, 9.17) is 0 Å². The summed E-state index contributed by atoms with van der Waals surface area (Å²) in [4.78, 5) is 0. The Morgan fingerprint density at radius 3 is 2.91 bits per heavy atom. The van der Waals surface area contributed by atoms with Gasteiger partial charge < -0.3 is 5.32 Å². The summed E-state index contributed by atoms with van der Waals surface area (Å²) < 4.78 is 0. The maximum atomic E-state index is 3.42. The maximum absolute atomic E-state index is 3.42. The Morgan fingerprint density at radius 2 is 2.18 bits per heavy atom. The molecule has 1 heteroatoms. The fourth-order valence-corrected chi connectivity index (χ4v) is 1.59. The van der Waals surface area contributed by atoms with Crippen LogP contribution in [-0.2, 0) is 0 Å². The van der Waals surface area contributed by atoms with E-state index in [2.05, 4.69) is 19.2 Å². The van der Waals surface area contributed by atoms with Crippen molar-refractivity contribution in [2.45, 2.75) is 39.5 Å². The predicted molar refractivity (Wildman–Crippen MR) is 49.7 cm³/mol. The highest BCUT2D eigenvalue weighted by molar-refractivity contribution is 5.12. The van der Waals surface area contributed by atoms with Crippen LogP contribution in [-0.4, -0.2) is 13.1 Å². The van der Waals surface area contributed by atoms with Gasteiger partial charge in [0.25, 0.3) is 0 Å². The van der Waals surface area contributed by atoms with Gasteiger partial charge in [-0.25, -0.2) is 0 Å². The summed E-state index contributed by atoms with van der Waals surface area (Å²) in [5.41, 5.74) is 3.33. The van der Waals surface area contributed by atoms with Crippen molar-refractivity contribution in [2.75, 3.05) is 13.1 Å². The van der Waals surface area contributed by atoms with Gasteiger partial charge in [0.1, 0.15) is 0 Å². The van der Waals surface area contributed by atoms with Crippen molar-refractivity contribution in [1.29, 1.82) is 0 Å². The molecule has 11 heavy (non-hydrogen) atoms. The van der Waals surface area contributed by atoms with Gasteiger partial charge in [0.2, 0.25) is 0 Å². The van der Waals surface area contributed by atoms with Crippen molar-refractivity contribution in [3.8, 4) is 0 Å². The van der Waals surface area contributed by atoms with E-state index in [-0.39, 0.29) is 0 Å². The third-order valence-corrected chi connectivity index (χ3v) is 2.57. The van der Waals surface area contributed by atoms with Gasteiger partial charge in [0.05, 0.1) is 0 Å². The van der Waals surface area contributed by atoms with Gasteiger partial charge in [-0.05, 0) is 45.7 Å². The highest BCUT2D eigenvalue weighted by Gasteiger charge is 2.04. The van der Waals surface area contributed by atoms with Crippen LogP contribution < -0.4 is 5.32 Å². The van der Waals surface area contributed by atoms with E-state index in [1.807, 2.05) is 0 Å². The molecule has 0 spiro atoms. The molecular formula is C10H19N. The summed E-state index contributed by atoms with van der Waals surface area (Å²) >= 11 is 0. The molecule has 0 amide bonds. The quantitative estimate of drug-likeness (QED) is 0.571. The van der Waals surface area contributed by atoms with Gasteiger partial charge >= 0.3 is 0 Å². The minimum Gasteiger partial charge on any atom is -0.316 e. The SMILES string of the molecule is CC/C(C)=C1/CCCNCC1. The van der Waals surface area contributed by atoms with E-state index < -0.39 is 0 Å². The van der Waals surface area contributed by atoms with Gasteiger partial charge in [-0.3, -0.25) is 0 Å². The van der Waals surface area contributed by atoms with Gasteiger partial charge in [0.15, 0.2) is 0 Å². The number of rotatable bonds is 1. The summed E-state index contributed by atoms with van der Waals surface area (Å²) in [6.45, 7) is 6.93. The molecular weight excluding hydrogens is 134 g/mol. The summed E-state index contributed by atoms with van der Waals surface area (Å²) in [5, 5.41) is 3.42. The molecule has 0 saturated carbocycles. The summed E-state index contributed by atoms with van der Waals surface area (Å²) in [6, 6.07) is 0. The molecule has 0 aromatic heterocycles. The lowest BCUT2D eigenvalue weighted by atomic mass is 10.0. The van der Waals surface area contributed by atoms with E-state index >= 15 is 0 Å². The van der Waals surface area contributed by atoms with Gasteiger partial charge in [0, 0.05) is 0 Å². The van der Waals surface area contributed by atoms with Crippen LogP contribution >= 0.6 is 0 Å². The first-order valence-corrected chi connectivity index (χ1v) is 4.72. The van der Waals surface area contributed by atoms with Crippen molar-refractivity contribution in [3.05, 3.63) is 11.1 Å². The molecule has 0 aromatic rings. The Hall–Kier alpha value is -0.300. The molecule has 1 saturated heterocycles. The second-order valence-corrected chi connectivity index (χ2v) is 3.34. The highest BCUT2D eigenvalue weighted by Crippen LogP contribution is 2.18. The Morgan fingerprint density at radius 1 is 1.36 bits per heavy atom. The minimum absolute atomic E-state index is 1.19. The Labute approximate surface area is 69.9 Å². The van der Waals surface area contributed by atoms with E-state index in [1.54, 1.807) is 11.1 Å². The summed E-state index contributed by atoms with van der Waals surface area (Å²) in [5.74, 6) is 0. The molecule has 1 N–H and O–H groups in total. The molecule has 0 aromatic carbocycles. The molecule has 0 unspecified atom stereocenters. The van der Waals surface area contributed by atoms with Crippen molar-refractivity contribution in [2.24, 2.45) is 0 Å². The van der Waals surface area contributed by atoms with E-state index in [1.165, 1.54) is 38.8 Å². The zero-order valence-electron chi connectivity index (χ0n) is 7.74. The zero-order valence-corrected chi connectivity index (χ0v) is 7.74. The van der Waals surface area contributed by atoms with E-state index in [9.17, 15) is 0 Å². The number of hydrogen-bond donors (Lipinski definition) is 1. The van der Waals surface area contributed by atoms with Crippen LogP contribution in [0, 0.1) is 0 Å². The second kappa shape index (κ2) is 4.55. The van der Waals surface area contributed by atoms with Crippen molar-refractivity contribution >= 4 is 0 Å². The van der Waals surface area contributed by atoms with Crippen LogP contribution in [0.3, 0.4) is 0 Å². The molecule has 64 valence electrons. The standard InChI is InChI=1S/C10H19N/c1-3-9(2)10-5-4-7-11-8-6-10/h11H,3-8H2,1-2H3/b10-9-. The Bertz CT molecular complexity index is 137. The van der Waals surface area contributed by atoms with Crippen LogP contribution in [0.25, 0.3) is 0 Å². The van der Waals surface area contributed by atoms with Crippen molar-refractivity contribution in [3.63, 3.8) is 0 Å². The molecule has 1 rings (SSSR count). The van der Waals surface area contributed by atoms with Crippen LogP contribution in [0.1, 0.15) is 39.5 Å². The normalized spacial score (nSPS) is 24.5. The number of nitrogens with one attached hydrogen (secondary N) is 1. The molecule has 1 nitrogen and oxygen atoms in total. The van der Waals surface area contributed by atoms with E-state index in [0.29, 0.717) is 0 Å². The Balaban J connectivity index is 2.54. The highest BCUT2D eigenvalue weighted by atomic mass is 14.8. The second-order valence-electron chi connectivity index (χ2n) is 3.34. The molecule has 0 bridgehead atoms. The van der Waals surface area contributed by atoms with Crippen molar-refractivity contribution < 1.29 is 0 Å². The average molecular weight is 153 g/mol. The summed E-state index contributed by atoms with van der Waals surface area (Å²) in [6.07, 6.45) is 5.16. The summed E-state index contributed by atoms with van der Waals surface area (Å²) in [7, 11) is 0. The lowest BCUT2D eigenvalue weighted by Crippen LogP contribution is -2.13. The first-order chi connectivity index (χ1) is 5.34. The monoisotopic (exact) mass is 153 g/mol. The van der Waals surface area contributed by atoms with Crippen LogP contribution in [0.2, 0.25) is 0 Å². The zero-order chi connectivity index (χ0) is 8.10. The van der Waals surface area contributed by atoms with Gasteiger partial charge in [-0.1, -0.05) is 18.1 Å². The fourth-order valence-electron chi connectivity index (χ4n) is 1.59. The van der Waals surface area contributed by atoms with E-state index in [0.717, 1.165) is 0 Å². The fraction of sp³-hybridized carbons (Fsp3) is 0.800. The van der Waals surface area contributed by atoms with Crippen LogP contribution in [0.15, 0.2) is 11.1 Å². The molecule has 1 fully saturated rings. The molecule has 0 radical (unpaired) electrons. The first kappa shape index (κ1) is 8.79. The third-order valence-electron chi connectivity index (χ3n) is 2.57. The molecule has 1 aliphatic heterocycles. The Kier molecular flexibility index (Phi) is 3.64. The molecule has 1 heterocycles. The molecule has 0 atom stereocenters. The van der Waals surface area contributed by atoms with Crippen LogP contribution in [0.4, 0.5) is 0 Å². The smallest absolute Gasteiger partial charge is 0.00115 e. The minimum atomic E-state index is 1.19.